The molecule has 0 N–H and O–H groups in total. The summed E-state index contributed by atoms with van der Waals surface area (Å²) in [5.41, 5.74) is 2.19. The first-order chi connectivity index (χ1) is 16.1. The second kappa shape index (κ2) is 10.1. The second-order valence-corrected chi connectivity index (χ2v) is 7.55. The van der Waals surface area contributed by atoms with E-state index in [1.807, 2.05) is 60.7 Å². The maximum Gasteiger partial charge on any atom is 0.411 e. The maximum atomic E-state index is 13.4. The van der Waals surface area contributed by atoms with Gasteiger partial charge in [0.05, 0.1) is 20.3 Å². The highest BCUT2D eigenvalue weighted by atomic mass is 16.6. The first-order valence-electron chi connectivity index (χ1n) is 10.5. The van der Waals surface area contributed by atoms with Crippen LogP contribution in [0.3, 0.4) is 0 Å². The molecule has 1 aliphatic rings. The number of ether oxygens (including phenoxy) is 4. The Bertz CT molecular complexity index is 1080. The molecule has 1 saturated heterocycles. The van der Waals surface area contributed by atoms with Crippen LogP contribution in [-0.2, 0) is 20.9 Å². The number of rotatable bonds is 6. The van der Waals surface area contributed by atoms with Crippen molar-refractivity contribution < 1.29 is 28.5 Å². The molecule has 0 radical (unpaired) electrons. The van der Waals surface area contributed by atoms with Crippen LogP contribution in [0.4, 0.5) is 4.79 Å². The molecule has 1 aliphatic heterocycles. The van der Waals surface area contributed by atoms with Crippen LogP contribution in [0.2, 0.25) is 0 Å². The molecule has 0 aliphatic carbocycles. The quantitative estimate of drug-likeness (QED) is 0.511. The molecule has 4 rings (SSSR count). The predicted octanol–water partition coefficient (Wildman–Crippen LogP) is 4.68. The number of methoxy groups -OCH3 is 2. The van der Waals surface area contributed by atoms with E-state index in [9.17, 15) is 9.59 Å². The minimum absolute atomic E-state index is 0.0287. The van der Waals surface area contributed by atoms with E-state index in [4.69, 9.17) is 18.9 Å². The smallest absolute Gasteiger partial charge is 0.411 e. The Morgan fingerprint density at radius 1 is 0.909 bits per heavy atom. The van der Waals surface area contributed by atoms with Crippen LogP contribution >= 0.6 is 0 Å². The molecule has 1 amide bonds. The molecule has 2 atom stereocenters. The van der Waals surface area contributed by atoms with E-state index in [0.717, 1.165) is 11.1 Å². The Labute approximate surface area is 192 Å². The number of hydrogen-bond acceptors (Lipinski definition) is 6. The zero-order valence-electron chi connectivity index (χ0n) is 18.5. The lowest BCUT2D eigenvalue weighted by molar-refractivity contribution is -0.161. The van der Waals surface area contributed by atoms with Crippen LogP contribution in [-0.4, -0.2) is 37.8 Å². The average Bonchev–Trinajstić information content (AvgIpc) is 2.87. The number of amides is 1. The molecule has 0 unspecified atom stereocenters. The third kappa shape index (κ3) is 4.92. The van der Waals surface area contributed by atoms with E-state index >= 15 is 0 Å². The highest BCUT2D eigenvalue weighted by molar-refractivity contribution is 5.84. The standard InChI is InChI=1S/C26H25NO6/c1-30-21-13-20(14-22(15-21)31-2)24-25(28)32-17-23(19-11-7-4-8-12-19)27(24)26(29)33-16-18-9-5-3-6-10-18/h3-15,23-24H,16-17H2,1-2H3/t23-,24+/m1/s1. The van der Waals surface area contributed by atoms with Crippen LogP contribution in [0.5, 0.6) is 11.5 Å². The Kier molecular flexibility index (Phi) is 6.78. The first kappa shape index (κ1) is 22.2. The molecule has 33 heavy (non-hydrogen) atoms. The Morgan fingerprint density at radius 2 is 1.52 bits per heavy atom. The van der Waals surface area contributed by atoms with E-state index in [0.29, 0.717) is 17.1 Å². The molecule has 0 saturated carbocycles. The van der Waals surface area contributed by atoms with Crippen molar-refractivity contribution in [2.24, 2.45) is 0 Å². The Morgan fingerprint density at radius 3 is 2.12 bits per heavy atom. The van der Waals surface area contributed by atoms with Crippen molar-refractivity contribution in [1.29, 1.82) is 0 Å². The molecule has 0 bridgehead atoms. The molecular weight excluding hydrogens is 422 g/mol. The molecule has 3 aromatic rings. The number of benzene rings is 3. The molecule has 7 nitrogen and oxygen atoms in total. The molecule has 0 aromatic heterocycles. The molecule has 3 aromatic carbocycles. The van der Waals surface area contributed by atoms with Gasteiger partial charge in [0.15, 0.2) is 6.04 Å². The van der Waals surface area contributed by atoms with Crippen LogP contribution < -0.4 is 9.47 Å². The van der Waals surface area contributed by atoms with Crippen LogP contribution in [0, 0.1) is 0 Å². The van der Waals surface area contributed by atoms with Gasteiger partial charge in [0.25, 0.3) is 0 Å². The lowest BCUT2D eigenvalue weighted by Crippen LogP contribution is -2.48. The van der Waals surface area contributed by atoms with Gasteiger partial charge in [0, 0.05) is 6.07 Å². The minimum Gasteiger partial charge on any atom is -0.497 e. The maximum absolute atomic E-state index is 13.4. The second-order valence-electron chi connectivity index (χ2n) is 7.55. The largest absolute Gasteiger partial charge is 0.497 e. The predicted molar refractivity (Wildman–Crippen MR) is 121 cm³/mol. The zero-order valence-corrected chi connectivity index (χ0v) is 18.5. The molecule has 170 valence electrons. The Hall–Kier alpha value is -4.00. The number of esters is 1. The number of nitrogens with zero attached hydrogens (tertiary/aromatic N) is 1. The van der Waals surface area contributed by atoms with Crippen molar-refractivity contribution >= 4 is 12.1 Å². The van der Waals surface area contributed by atoms with E-state index in [1.54, 1.807) is 18.2 Å². The van der Waals surface area contributed by atoms with E-state index < -0.39 is 24.1 Å². The molecule has 7 heteroatoms. The number of hydrogen-bond donors (Lipinski definition) is 0. The van der Waals surface area contributed by atoms with Gasteiger partial charge in [-0.15, -0.1) is 0 Å². The third-order valence-electron chi connectivity index (χ3n) is 5.51. The summed E-state index contributed by atoms with van der Waals surface area (Å²) in [5, 5.41) is 0. The fraction of sp³-hybridized carbons (Fsp3) is 0.231. The van der Waals surface area contributed by atoms with Crippen molar-refractivity contribution in [3.63, 3.8) is 0 Å². The van der Waals surface area contributed by atoms with Crippen LogP contribution in [0.25, 0.3) is 0 Å². The van der Waals surface area contributed by atoms with E-state index in [-0.39, 0.29) is 13.2 Å². The lowest BCUT2D eigenvalue weighted by Gasteiger charge is -2.40. The number of cyclic esters (lactones) is 1. The van der Waals surface area contributed by atoms with Gasteiger partial charge in [-0.25, -0.2) is 9.59 Å². The van der Waals surface area contributed by atoms with Crippen molar-refractivity contribution in [2.75, 3.05) is 20.8 Å². The number of morpholine rings is 1. The Balaban J connectivity index is 1.73. The fourth-order valence-electron chi connectivity index (χ4n) is 3.86. The van der Waals surface area contributed by atoms with Gasteiger partial charge in [-0.2, -0.15) is 0 Å². The molecule has 0 spiro atoms. The van der Waals surface area contributed by atoms with Crippen molar-refractivity contribution in [3.05, 3.63) is 95.6 Å². The number of carbonyl (C=O) groups is 2. The summed E-state index contributed by atoms with van der Waals surface area (Å²) < 4.78 is 21.9. The average molecular weight is 447 g/mol. The molecule has 1 fully saturated rings. The fourth-order valence-corrected chi connectivity index (χ4v) is 3.86. The van der Waals surface area contributed by atoms with E-state index in [2.05, 4.69) is 0 Å². The summed E-state index contributed by atoms with van der Waals surface area (Å²) in [7, 11) is 3.05. The summed E-state index contributed by atoms with van der Waals surface area (Å²) >= 11 is 0. The van der Waals surface area contributed by atoms with Gasteiger partial charge in [0.2, 0.25) is 0 Å². The zero-order chi connectivity index (χ0) is 23.2. The summed E-state index contributed by atoms with van der Waals surface area (Å²) in [6.07, 6.45) is -0.615. The summed E-state index contributed by atoms with van der Waals surface area (Å²) in [4.78, 5) is 27.9. The van der Waals surface area contributed by atoms with Gasteiger partial charge in [-0.05, 0) is 28.8 Å². The molecular formula is C26H25NO6. The molecule has 1 heterocycles. The van der Waals surface area contributed by atoms with Gasteiger partial charge in [-0.3, -0.25) is 4.90 Å². The highest BCUT2D eigenvalue weighted by Crippen LogP contribution is 2.39. The topological polar surface area (TPSA) is 74.3 Å². The van der Waals surface area contributed by atoms with Crippen LogP contribution in [0.1, 0.15) is 28.8 Å². The lowest BCUT2D eigenvalue weighted by atomic mass is 9.97. The summed E-state index contributed by atoms with van der Waals surface area (Å²) in [6.45, 7) is 0.113. The first-order valence-corrected chi connectivity index (χ1v) is 10.5. The normalized spacial score (nSPS) is 17.8. The summed E-state index contributed by atoms with van der Waals surface area (Å²) in [6, 6.07) is 22.4. The van der Waals surface area contributed by atoms with Gasteiger partial charge >= 0.3 is 12.1 Å². The van der Waals surface area contributed by atoms with Crippen molar-refractivity contribution in [1.82, 2.24) is 4.90 Å². The van der Waals surface area contributed by atoms with Gasteiger partial charge in [0.1, 0.15) is 24.7 Å². The number of carbonyl (C=O) groups excluding carboxylic acids is 2. The third-order valence-corrected chi connectivity index (χ3v) is 5.51. The van der Waals surface area contributed by atoms with Gasteiger partial charge < -0.3 is 18.9 Å². The van der Waals surface area contributed by atoms with E-state index in [1.165, 1.54) is 19.1 Å². The van der Waals surface area contributed by atoms with Crippen LogP contribution in [0.15, 0.2) is 78.9 Å². The minimum atomic E-state index is -1.03. The monoisotopic (exact) mass is 447 g/mol. The van der Waals surface area contributed by atoms with Gasteiger partial charge in [-0.1, -0.05) is 60.7 Å². The van der Waals surface area contributed by atoms with Crippen molar-refractivity contribution in [2.45, 2.75) is 18.7 Å². The summed E-state index contributed by atoms with van der Waals surface area (Å²) in [5.74, 6) is 0.447. The SMILES string of the molecule is COc1cc(OC)cc([C@H]2C(=O)OC[C@H](c3ccccc3)N2C(=O)OCc2ccccc2)c1. The van der Waals surface area contributed by atoms with Crippen molar-refractivity contribution in [3.8, 4) is 11.5 Å². The highest BCUT2D eigenvalue weighted by Gasteiger charge is 2.44.